The molecule has 0 atom stereocenters. The molecule has 2 aromatic carbocycles. The van der Waals surface area contributed by atoms with Crippen molar-refractivity contribution >= 4 is 17.8 Å². The van der Waals surface area contributed by atoms with Crippen molar-refractivity contribution in [2.45, 2.75) is 6.61 Å². The minimum Gasteiger partial charge on any atom is -0.488 e. The van der Waals surface area contributed by atoms with Crippen molar-refractivity contribution < 1.29 is 19.2 Å². The highest BCUT2D eigenvalue weighted by molar-refractivity contribution is 5.85. The molecule has 9 nitrogen and oxygen atoms in total. The van der Waals surface area contributed by atoms with Crippen LogP contribution in [0.3, 0.4) is 0 Å². The summed E-state index contributed by atoms with van der Waals surface area (Å²) < 4.78 is 11.1. The van der Waals surface area contributed by atoms with Gasteiger partial charge in [-0.1, -0.05) is 12.1 Å². The van der Waals surface area contributed by atoms with Gasteiger partial charge in [0.1, 0.15) is 12.4 Å². The second kappa shape index (κ2) is 10.3. The molecule has 0 bridgehead atoms. The normalized spacial score (nSPS) is 14.6. The molecule has 1 N–H and O–H groups in total. The zero-order valence-corrected chi connectivity index (χ0v) is 15.8. The van der Waals surface area contributed by atoms with Crippen molar-refractivity contribution in [3.8, 4) is 5.75 Å². The summed E-state index contributed by atoms with van der Waals surface area (Å²) in [7, 11) is 0. The number of para-hydroxylation sites is 1. The van der Waals surface area contributed by atoms with E-state index in [4.69, 9.17) is 9.47 Å². The topological polar surface area (TPSA) is 106 Å². The lowest BCUT2D eigenvalue weighted by atomic mass is 10.2. The van der Waals surface area contributed by atoms with Gasteiger partial charge in [0, 0.05) is 30.8 Å². The van der Waals surface area contributed by atoms with Gasteiger partial charge >= 0.3 is 0 Å². The van der Waals surface area contributed by atoms with E-state index in [0.717, 1.165) is 18.7 Å². The van der Waals surface area contributed by atoms with Crippen LogP contribution in [0.1, 0.15) is 11.1 Å². The monoisotopic (exact) mass is 398 g/mol. The molecule has 1 heterocycles. The summed E-state index contributed by atoms with van der Waals surface area (Å²) >= 11 is 0. The lowest BCUT2D eigenvalue weighted by Crippen LogP contribution is -2.42. The fraction of sp³-hybridized carbons (Fsp3) is 0.300. The van der Waals surface area contributed by atoms with Gasteiger partial charge < -0.3 is 9.47 Å². The van der Waals surface area contributed by atoms with Gasteiger partial charge in [0.25, 0.3) is 11.6 Å². The first-order valence-corrected chi connectivity index (χ1v) is 9.19. The van der Waals surface area contributed by atoms with Gasteiger partial charge in [-0.25, -0.2) is 5.43 Å². The summed E-state index contributed by atoms with van der Waals surface area (Å²) in [5.74, 6) is 0.407. The van der Waals surface area contributed by atoms with Crippen LogP contribution in [0.15, 0.2) is 53.6 Å². The molecule has 0 saturated carbocycles. The molecule has 29 heavy (non-hydrogen) atoms. The number of benzene rings is 2. The van der Waals surface area contributed by atoms with E-state index in [9.17, 15) is 14.9 Å². The first-order valence-electron chi connectivity index (χ1n) is 9.19. The molecular weight excluding hydrogens is 376 g/mol. The summed E-state index contributed by atoms with van der Waals surface area (Å²) in [6.45, 7) is 3.27. The van der Waals surface area contributed by atoms with Crippen molar-refractivity contribution in [1.29, 1.82) is 0 Å². The van der Waals surface area contributed by atoms with E-state index in [2.05, 4.69) is 10.5 Å². The number of morpholine rings is 1. The summed E-state index contributed by atoms with van der Waals surface area (Å²) in [4.78, 5) is 24.3. The summed E-state index contributed by atoms with van der Waals surface area (Å²) in [5, 5.41) is 14.7. The van der Waals surface area contributed by atoms with Crippen LogP contribution in [0.25, 0.3) is 0 Å². The van der Waals surface area contributed by atoms with Crippen molar-refractivity contribution in [2.24, 2.45) is 5.10 Å². The molecule has 9 heteroatoms. The molecule has 1 fully saturated rings. The molecule has 3 rings (SSSR count). The number of hydrogen-bond donors (Lipinski definition) is 1. The smallest absolute Gasteiger partial charge is 0.269 e. The molecule has 152 valence electrons. The Kier molecular flexibility index (Phi) is 7.26. The van der Waals surface area contributed by atoms with Crippen molar-refractivity contribution in [2.75, 3.05) is 32.8 Å². The maximum absolute atomic E-state index is 12.0. The standard InChI is InChI=1S/C20H22N4O5/c25-20(14-23-9-11-28-12-10-23)22-21-13-17-3-1-2-4-19(17)29-15-16-5-7-18(8-6-16)24(26)27/h1-8,13H,9-12,14-15H2,(H,22,25)/b21-13+. The van der Waals surface area contributed by atoms with E-state index in [1.807, 2.05) is 23.1 Å². The fourth-order valence-electron chi connectivity index (χ4n) is 2.77. The van der Waals surface area contributed by atoms with E-state index in [1.165, 1.54) is 18.3 Å². The Morgan fingerprint density at radius 2 is 1.93 bits per heavy atom. The lowest BCUT2D eigenvalue weighted by Gasteiger charge is -2.25. The number of hydrogen-bond acceptors (Lipinski definition) is 7. The van der Waals surface area contributed by atoms with Crippen LogP contribution in [-0.4, -0.2) is 54.8 Å². The number of non-ortho nitro benzene ring substituents is 1. The number of carbonyl (C=O) groups excluding carboxylic acids is 1. The molecule has 0 aromatic heterocycles. The molecule has 0 unspecified atom stereocenters. The molecule has 0 radical (unpaired) electrons. The van der Waals surface area contributed by atoms with Crippen LogP contribution in [0.4, 0.5) is 5.69 Å². The Hall–Kier alpha value is -3.30. The van der Waals surface area contributed by atoms with Gasteiger partial charge in [0.15, 0.2) is 0 Å². The quantitative estimate of drug-likeness (QED) is 0.414. The van der Waals surface area contributed by atoms with Crippen molar-refractivity contribution in [3.63, 3.8) is 0 Å². The van der Waals surface area contributed by atoms with Crippen molar-refractivity contribution in [1.82, 2.24) is 10.3 Å². The van der Waals surface area contributed by atoms with Crippen LogP contribution in [0, 0.1) is 10.1 Å². The van der Waals surface area contributed by atoms with Gasteiger partial charge in [0.05, 0.1) is 30.9 Å². The van der Waals surface area contributed by atoms with E-state index in [1.54, 1.807) is 18.2 Å². The molecular formula is C20H22N4O5. The third kappa shape index (κ3) is 6.37. The Morgan fingerprint density at radius 1 is 1.21 bits per heavy atom. The number of amides is 1. The zero-order chi connectivity index (χ0) is 20.5. The highest BCUT2D eigenvalue weighted by Gasteiger charge is 2.13. The first kappa shape index (κ1) is 20.4. The molecule has 2 aromatic rings. The molecule has 1 amide bonds. The minimum atomic E-state index is -0.441. The highest BCUT2D eigenvalue weighted by atomic mass is 16.6. The number of hydrazone groups is 1. The van der Waals surface area contributed by atoms with Gasteiger partial charge in [-0.05, 0) is 29.8 Å². The third-order valence-corrected chi connectivity index (χ3v) is 4.32. The SMILES string of the molecule is O=C(CN1CCOCC1)N/N=C/c1ccccc1OCc1ccc([N+](=O)[O-])cc1. The molecule has 1 saturated heterocycles. The Bertz CT molecular complexity index is 863. The largest absolute Gasteiger partial charge is 0.488 e. The third-order valence-electron chi connectivity index (χ3n) is 4.32. The van der Waals surface area contributed by atoms with Crippen LogP contribution in [0.2, 0.25) is 0 Å². The van der Waals surface area contributed by atoms with Gasteiger partial charge in [0.2, 0.25) is 0 Å². The summed E-state index contributed by atoms with van der Waals surface area (Å²) in [5.41, 5.74) is 4.08. The number of ether oxygens (including phenoxy) is 2. The van der Waals surface area contributed by atoms with E-state index in [0.29, 0.717) is 24.5 Å². The van der Waals surface area contributed by atoms with Crippen LogP contribution >= 0.6 is 0 Å². The Balaban J connectivity index is 1.53. The van der Waals surface area contributed by atoms with E-state index >= 15 is 0 Å². The maximum atomic E-state index is 12.0. The highest BCUT2D eigenvalue weighted by Crippen LogP contribution is 2.19. The van der Waals surface area contributed by atoms with E-state index < -0.39 is 4.92 Å². The molecule has 0 spiro atoms. The predicted octanol–water partition coefficient (Wildman–Crippen LogP) is 1.96. The molecule has 0 aliphatic carbocycles. The van der Waals surface area contributed by atoms with Gasteiger partial charge in [-0.15, -0.1) is 0 Å². The number of nitro benzene ring substituents is 1. The summed E-state index contributed by atoms with van der Waals surface area (Å²) in [6, 6.07) is 13.5. The number of nitrogens with one attached hydrogen (secondary N) is 1. The van der Waals surface area contributed by atoms with Crippen LogP contribution < -0.4 is 10.2 Å². The number of nitrogens with zero attached hydrogens (tertiary/aromatic N) is 3. The number of rotatable bonds is 8. The fourth-order valence-corrected chi connectivity index (χ4v) is 2.77. The average molecular weight is 398 g/mol. The molecule has 1 aliphatic rings. The Morgan fingerprint density at radius 3 is 2.66 bits per heavy atom. The second-order valence-corrected chi connectivity index (χ2v) is 6.43. The van der Waals surface area contributed by atoms with E-state index in [-0.39, 0.29) is 24.7 Å². The van der Waals surface area contributed by atoms with Crippen LogP contribution in [0.5, 0.6) is 5.75 Å². The average Bonchev–Trinajstić information content (AvgIpc) is 2.74. The molecule has 1 aliphatic heterocycles. The predicted molar refractivity (Wildman–Crippen MR) is 107 cm³/mol. The number of nitro groups is 1. The Labute approximate surface area is 168 Å². The van der Waals surface area contributed by atoms with Gasteiger partial charge in [-0.3, -0.25) is 19.8 Å². The number of carbonyl (C=O) groups is 1. The minimum absolute atomic E-state index is 0.0362. The van der Waals surface area contributed by atoms with Crippen LogP contribution in [-0.2, 0) is 16.1 Å². The second-order valence-electron chi connectivity index (χ2n) is 6.43. The van der Waals surface area contributed by atoms with Crippen molar-refractivity contribution in [3.05, 3.63) is 69.8 Å². The maximum Gasteiger partial charge on any atom is 0.269 e. The summed E-state index contributed by atoms with van der Waals surface area (Å²) in [6.07, 6.45) is 1.53. The lowest BCUT2D eigenvalue weighted by molar-refractivity contribution is -0.384. The zero-order valence-electron chi connectivity index (χ0n) is 15.8. The van der Waals surface area contributed by atoms with Gasteiger partial charge in [-0.2, -0.15) is 5.10 Å². The first-order chi connectivity index (χ1) is 14.1.